The molecule has 0 fully saturated rings. The van der Waals surface area contributed by atoms with Crippen LogP contribution in [0.25, 0.3) is 10.9 Å². The highest BCUT2D eigenvalue weighted by Crippen LogP contribution is 2.19. The molecule has 0 aliphatic heterocycles. The van der Waals surface area contributed by atoms with Crippen LogP contribution in [0.5, 0.6) is 0 Å². The number of aromatic nitrogens is 1. The van der Waals surface area contributed by atoms with Gasteiger partial charge in [0, 0.05) is 23.5 Å². The van der Waals surface area contributed by atoms with Crippen molar-refractivity contribution in [3.63, 3.8) is 0 Å². The van der Waals surface area contributed by atoms with Gasteiger partial charge in [0.1, 0.15) is 18.1 Å². The number of nitrogens with two attached hydrogens (primary N) is 2. The van der Waals surface area contributed by atoms with Crippen LogP contribution in [0, 0.1) is 5.92 Å². The number of aromatic amines is 1. The van der Waals surface area contributed by atoms with E-state index >= 15 is 0 Å². The monoisotopic (exact) mass is 516 g/mol. The van der Waals surface area contributed by atoms with Crippen LogP contribution >= 0.6 is 0 Å². The molecular weight excluding hydrogens is 476 g/mol. The van der Waals surface area contributed by atoms with E-state index < -0.39 is 47.9 Å². The fraction of sp³-hybridized carbons (Fsp3) is 0.538. The van der Waals surface area contributed by atoms with Crippen LogP contribution in [-0.4, -0.2) is 64.5 Å². The van der Waals surface area contributed by atoms with Gasteiger partial charge < -0.3 is 37.5 Å². The zero-order chi connectivity index (χ0) is 27.5. The summed E-state index contributed by atoms with van der Waals surface area (Å²) in [5.41, 5.74) is 13.2. The molecule has 0 spiro atoms. The van der Waals surface area contributed by atoms with E-state index in [9.17, 15) is 24.3 Å². The van der Waals surface area contributed by atoms with Crippen LogP contribution < -0.4 is 27.4 Å². The minimum atomic E-state index is -1.20. The van der Waals surface area contributed by atoms with Crippen LogP contribution in [0.1, 0.15) is 52.0 Å². The highest BCUT2D eigenvalue weighted by atomic mass is 16.4. The topological polar surface area (TPSA) is 192 Å². The molecule has 37 heavy (non-hydrogen) atoms. The van der Waals surface area contributed by atoms with Crippen molar-refractivity contribution in [2.75, 3.05) is 6.54 Å². The van der Waals surface area contributed by atoms with Gasteiger partial charge in [-0.15, -0.1) is 0 Å². The first-order valence-electron chi connectivity index (χ1n) is 12.7. The second kappa shape index (κ2) is 14.3. The standard InChI is InChI=1S/C26H40N6O5/c1-15(2)12-21(31-23(33)19(28)9-6-7-11-27)25(35)32-22(24(34)30-16(3)26(36)37)13-17-14-29-20-10-5-4-8-18(17)20/h4-5,8,10,14-16,19,21-22,29H,6-7,9,11-13,27-28H2,1-3H3,(H,30,34)(H,31,33)(H,32,35)(H,36,37). The fourth-order valence-electron chi connectivity index (χ4n) is 4.00. The van der Waals surface area contributed by atoms with Crippen molar-refractivity contribution in [3.05, 3.63) is 36.0 Å². The van der Waals surface area contributed by atoms with E-state index in [1.54, 1.807) is 6.20 Å². The Kier molecular flexibility index (Phi) is 11.5. The molecular formula is C26H40N6O5. The summed E-state index contributed by atoms with van der Waals surface area (Å²) < 4.78 is 0. The second-order valence-electron chi connectivity index (χ2n) is 9.77. The third-order valence-corrected chi connectivity index (χ3v) is 6.11. The van der Waals surface area contributed by atoms with Gasteiger partial charge in [0.05, 0.1) is 6.04 Å². The number of aliphatic carboxylic acids is 1. The average Bonchev–Trinajstić information content (AvgIpc) is 3.25. The third kappa shape index (κ3) is 9.18. The number of rotatable bonds is 15. The molecule has 1 aromatic heterocycles. The number of hydrogen-bond acceptors (Lipinski definition) is 6. The van der Waals surface area contributed by atoms with Gasteiger partial charge >= 0.3 is 5.97 Å². The van der Waals surface area contributed by atoms with Crippen molar-refractivity contribution in [3.8, 4) is 0 Å². The molecule has 3 amide bonds. The number of hydrogen-bond donors (Lipinski definition) is 7. The second-order valence-corrected chi connectivity index (χ2v) is 9.77. The largest absolute Gasteiger partial charge is 0.480 e. The van der Waals surface area contributed by atoms with Crippen molar-refractivity contribution in [2.45, 2.75) is 77.0 Å². The Hall–Kier alpha value is -3.44. The van der Waals surface area contributed by atoms with Gasteiger partial charge in [-0.05, 0) is 50.3 Å². The summed E-state index contributed by atoms with van der Waals surface area (Å²) in [5, 5.41) is 18.0. The minimum absolute atomic E-state index is 0.0671. The maximum Gasteiger partial charge on any atom is 0.325 e. The number of para-hydroxylation sites is 1. The molecule has 0 radical (unpaired) electrons. The third-order valence-electron chi connectivity index (χ3n) is 6.11. The van der Waals surface area contributed by atoms with Crippen molar-refractivity contribution < 1.29 is 24.3 Å². The Bertz CT molecular complexity index is 1070. The molecule has 0 aliphatic carbocycles. The van der Waals surface area contributed by atoms with Crippen LogP contribution in [0.3, 0.4) is 0 Å². The molecule has 1 heterocycles. The molecule has 11 nitrogen and oxygen atoms in total. The Morgan fingerprint density at radius 3 is 2.24 bits per heavy atom. The molecule has 0 saturated heterocycles. The number of unbranched alkanes of at least 4 members (excludes halogenated alkanes) is 1. The number of carboxylic acid groups (broad SMARTS) is 1. The van der Waals surface area contributed by atoms with Crippen LogP contribution in [0.4, 0.5) is 0 Å². The summed E-state index contributed by atoms with van der Waals surface area (Å²) in [5.74, 6) is -2.76. The van der Waals surface area contributed by atoms with Gasteiger partial charge in [-0.25, -0.2) is 0 Å². The summed E-state index contributed by atoms with van der Waals surface area (Å²) >= 11 is 0. The number of carboxylic acids is 1. The first kappa shape index (κ1) is 29.8. The first-order chi connectivity index (χ1) is 17.5. The lowest BCUT2D eigenvalue weighted by atomic mass is 10.00. The van der Waals surface area contributed by atoms with Crippen molar-refractivity contribution in [1.29, 1.82) is 0 Å². The number of amides is 3. The molecule has 2 rings (SSSR count). The predicted octanol–water partition coefficient (Wildman–Crippen LogP) is 0.772. The highest BCUT2D eigenvalue weighted by Gasteiger charge is 2.30. The van der Waals surface area contributed by atoms with Crippen molar-refractivity contribution >= 4 is 34.6 Å². The molecule has 204 valence electrons. The van der Waals surface area contributed by atoms with Gasteiger partial charge in [-0.1, -0.05) is 38.5 Å². The molecule has 9 N–H and O–H groups in total. The van der Waals surface area contributed by atoms with E-state index in [0.717, 1.165) is 22.9 Å². The molecule has 0 aliphatic rings. The van der Waals surface area contributed by atoms with Crippen molar-refractivity contribution in [2.24, 2.45) is 17.4 Å². The lowest BCUT2D eigenvalue weighted by Gasteiger charge is -2.25. The Balaban J connectivity index is 2.22. The summed E-state index contributed by atoms with van der Waals surface area (Å²) in [4.78, 5) is 53.5. The number of benzene rings is 1. The van der Waals surface area contributed by atoms with E-state index in [4.69, 9.17) is 11.5 Å². The van der Waals surface area contributed by atoms with Crippen LogP contribution in [0.2, 0.25) is 0 Å². The highest BCUT2D eigenvalue weighted by molar-refractivity contribution is 5.94. The van der Waals surface area contributed by atoms with Gasteiger partial charge in [0.15, 0.2) is 0 Å². The predicted molar refractivity (Wildman–Crippen MR) is 141 cm³/mol. The summed E-state index contributed by atoms with van der Waals surface area (Å²) in [6.45, 7) is 5.68. The Morgan fingerprint density at radius 2 is 1.59 bits per heavy atom. The Morgan fingerprint density at radius 1 is 0.946 bits per heavy atom. The molecule has 0 saturated carbocycles. The molecule has 2 aromatic rings. The normalized spacial score (nSPS) is 14.5. The summed E-state index contributed by atoms with van der Waals surface area (Å²) in [6, 6.07) is 3.62. The molecule has 11 heteroatoms. The van der Waals surface area contributed by atoms with E-state index in [1.165, 1.54) is 6.92 Å². The smallest absolute Gasteiger partial charge is 0.325 e. The SMILES string of the molecule is CC(C)CC(NC(=O)C(N)CCCCN)C(=O)NC(Cc1c[nH]c2ccccc12)C(=O)NC(C)C(=O)O. The van der Waals surface area contributed by atoms with E-state index in [1.807, 2.05) is 38.1 Å². The first-order valence-corrected chi connectivity index (χ1v) is 12.7. The number of carbonyl (C=O) groups excluding carboxylic acids is 3. The van der Waals surface area contributed by atoms with Crippen molar-refractivity contribution in [1.82, 2.24) is 20.9 Å². The number of fused-ring (bicyclic) bond motifs is 1. The molecule has 4 unspecified atom stereocenters. The number of carbonyl (C=O) groups is 4. The maximum atomic E-state index is 13.3. The quantitative estimate of drug-likeness (QED) is 0.170. The van der Waals surface area contributed by atoms with Crippen LogP contribution in [-0.2, 0) is 25.6 Å². The van der Waals surface area contributed by atoms with Gasteiger partial charge in [-0.2, -0.15) is 0 Å². The number of H-pyrrole nitrogens is 1. The lowest BCUT2D eigenvalue weighted by molar-refractivity contribution is -0.141. The zero-order valence-corrected chi connectivity index (χ0v) is 21.8. The average molecular weight is 517 g/mol. The van der Waals surface area contributed by atoms with E-state index in [0.29, 0.717) is 25.8 Å². The van der Waals surface area contributed by atoms with E-state index in [2.05, 4.69) is 20.9 Å². The van der Waals surface area contributed by atoms with E-state index in [-0.39, 0.29) is 12.3 Å². The fourth-order valence-corrected chi connectivity index (χ4v) is 4.00. The minimum Gasteiger partial charge on any atom is -0.480 e. The van der Waals surface area contributed by atoms with Gasteiger partial charge in [-0.3, -0.25) is 19.2 Å². The number of nitrogens with one attached hydrogen (secondary N) is 4. The molecule has 4 atom stereocenters. The molecule has 0 bridgehead atoms. The molecule has 1 aromatic carbocycles. The van der Waals surface area contributed by atoms with Crippen LogP contribution in [0.15, 0.2) is 30.5 Å². The summed E-state index contributed by atoms with van der Waals surface area (Å²) in [7, 11) is 0. The zero-order valence-electron chi connectivity index (χ0n) is 21.8. The lowest BCUT2D eigenvalue weighted by Crippen LogP contribution is -2.57. The maximum absolute atomic E-state index is 13.3. The van der Waals surface area contributed by atoms with Gasteiger partial charge in [0.2, 0.25) is 17.7 Å². The van der Waals surface area contributed by atoms with Gasteiger partial charge in [0.25, 0.3) is 0 Å². The summed E-state index contributed by atoms with van der Waals surface area (Å²) in [6.07, 6.45) is 4.09. The Labute approximate surface area is 217 Å².